The van der Waals surface area contributed by atoms with Crippen LogP contribution in [0.2, 0.25) is 0 Å². The highest BCUT2D eigenvalue weighted by atomic mass is 16.5. The van der Waals surface area contributed by atoms with Crippen molar-refractivity contribution in [1.29, 1.82) is 0 Å². The Morgan fingerprint density at radius 1 is 0.912 bits per heavy atom. The Morgan fingerprint density at radius 2 is 1.53 bits per heavy atom. The highest BCUT2D eigenvalue weighted by Gasteiger charge is 2.29. The van der Waals surface area contributed by atoms with Gasteiger partial charge in [0.1, 0.15) is 6.61 Å². The van der Waals surface area contributed by atoms with Gasteiger partial charge in [-0.05, 0) is 53.9 Å². The van der Waals surface area contributed by atoms with Crippen LogP contribution >= 0.6 is 0 Å². The van der Waals surface area contributed by atoms with E-state index < -0.39 is 12.1 Å². The summed E-state index contributed by atoms with van der Waals surface area (Å²) in [7, 11) is 0. The van der Waals surface area contributed by atoms with Crippen LogP contribution in [0.15, 0.2) is 60.7 Å². The lowest BCUT2D eigenvalue weighted by Gasteiger charge is -2.25. The van der Waals surface area contributed by atoms with Crippen molar-refractivity contribution in [2.75, 3.05) is 19.7 Å². The molecule has 0 radical (unpaired) electrons. The maximum absolute atomic E-state index is 12.2. The number of nitrogens with one attached hydrogen (secondary N) is 2. The zero-order chi connectivity index (χ0) is 23.9. The molecule has 1 saturated carbocycles. The first-order valence-corrected chi connectivity index (χ1v) is 11.8. The molecule has 0 aliphatic heterocycles. The third-order valence-electron chi connectivity index (χ3n) is 6.74. The molecule has 7 nitrogen and oxygen atoms in total. The van der Waals surface area contributed by atoms with Crippen LogP contribution in [-0.4, -0.2) is 42.8 Å². The number of aliphatic carboxylic acids is 1. The molecule has 4 rings (SSSR count). The van der Waals surface area contributed by atoms with Crippen molar-refractivity contribution in [2.24, 2.45) is 11.8 Å². The van der Waals surface area contributed by atoms with Gasteiger partial charge in [0.25, 0.3) is 0 Å². The second kappa shape index (κ2) is 11.0. The van der Waals surface area contributed by atoms with E-state index in [4.69, 9.17) is 9.84 Å². The predicted molar refractivity (Wildman–Crippen MR) is 128 cm³/mol. The van der Waals surface area contributed by atoms with Crippen LogP contribution in [0, 0.1) is 11.8 Å². The van der Waals surface area contributed by atoms with Crippen molar-refractivity contribution in [2.45, 2.75) is 31.6 Å². The number of carboxylic acids is 1. The van der Waals surface area contributed by atoms with E-state index in [2.05, 4.69) is 34.9 Å². The van der Waals surface area contributed by atoms with Crippen molar-refractivity contribution in [3.05, 3.63) is 71.8 Å². The summed E-state index contributed by atoms with van der Waals surface area (Å²) < 4.78 is 5.47. The van der Waals surface area contributed by atoms with Crippen LogP contribution in [0.4, 0.5) is 4.79 Å². The van der Waals surface area contributed by atoms with Gasteiger partial charge < -0.3 is 20.5 Å². The second-order valence-electron chi connectivity index (χ2n) is 8.91. The van der Waals surface area contributed by atoms with Gasteiger partial charge in [-0.2, -0.15) is 0 Å². The van der Waals surface area contributed by atoms with Crippen LogP contribution in [-0.2, 0) is 14.3 Å². The molecule has 0 aromatic heterocycles. The summed E-state index contributed by atoms with van der Waals surface area (Å²) in [6, 6.07) is 16.3. The first kappa shape index (κ1) is 23.5. The molecule has 0 unspecified atom stereocenters. The van der Waals surface area contributed by atoms with Gasteiger partial charge in [-0.1, -0.05) is 54.6 Å². The summed E-state index contributed by atoms with van der Waals surface area (Å²) in [6.07, 6.45) is 5.40. The quantitative estimate of drug-likeness (QED) is 0.513. The number of carbonyl (C=O) groups excluding carboxylic acids is 2. The Kier molecular flexibility index (Phi) is 7.62. The molecule has 0 heterocycles. The fourth-order valence-electron chi connectivity index (χ4n) is 4.88. The van der Waals surface area contributed by atoms with E-state index in [1.165, 1.54) is 17.2 Å². The Hall–Kier alpha value is -3.61. The summed E-state index contributed by atoms with van der Waals surface area (Å²) >= 11 is 0. The molecule has 3 N–H and O–H groups in total. The fourth-order valence-corrected chi connectivity index (χ4v) is 4.88. The molecule has 0 atom stereocenters. The molecule has 2 aliphatic rings. The normalized spacial score (nSPS) is 19.3. The molecule has 2 aromatic rings. The summed E-state index contributed by atoms with van der Waals surface area (Å²) in [5.74, 6) is -0.892. The van der Waals surface area contributed by atoms with Gasteiger partial charge in [0.05, 0.1) is 5.92 Å². The Bertz CT molecular complexity index is 1030. The minimum Gasteiger partial charge on any atom is -0.481 e. The minimum absolute atomic E-state index is 0.00466. The van der Waals surface area contributed by atoms with Crippen LogP contribution < -0.4 is 10.6 Å². The highest BCUT2D eigenvalue weighted by Crippen LogP contribution is 2.44. The van der Waals surface area contributed by atoms with Gasteiger partial charge >= 0.3 is 12.1 Å². The zero-order valence-corrected chi connectivity index (χ0v) is 19.0. The summed E-state index contributed by atoms with van der Waals surface area (Å²) in [5.41, 5.74) is 4.67. The number of carbonyl (C=O) groups is 3. The van der Waals surface area contributed by atoms with Gasteiger partial charge in [-0.15, -0.1) is 0 Å². The molecule has 1 fully saturated rings. The molecule has 2 amide bonds. The van der Waals surface area contributed by atoms with Gasteiger partial charge in [0, 0.05) is 25.1 Å². The maximum atomic E-state index is 12.2. The van der Waals surface area contributed by atoms with Crippen LogP contribution in [0.1, 0.15) is 42.7 Å². The summed E-state index contributed by atoms with van der Waals surface area (Å²) in [5, 5.41) is 14.5. The number of rotatable bonds is 8. The number of alkyl carbamates (subject to hydrolysis) is 1. The SMILES string of the molecule is O=C(/C=C/CNC(=O)OCC1c2ccccc2-c2ccccc21)NCC1CCC(C(=O)O)CC1. The van der Waals surface area contributed by atoms with Gasteiger partial charge in [-0.25, -0.2) is 4.79 Å². The predicted octanol–water partition coefficient (Wildman–Crippen LogP) is 4.09. The third kappa shape index (κ3) is 5.65. The summed E-state index contributed by atoms with van der Waals surface area (Å²) in [6.45, 7) is 0.970. The lowest BCUT2D eigenvalue weighted by atomic mass is 9.82. The van der Waals surface area contributed by atoms with E-state index in [0.717, 1.165) is 24.0 Å². The topological polar surface area (TPSA) is 105 Å². The van der Waals surface area contributed by atoms with E-state index in [1.54, 1.807) is 6.08 Å². The third-order valence-corrected chi connectivity index (χ3v) is 6.74. The van der Waals surface area contributed by atoms with Gasteiger partial charge in [0.2, 0.25) is 5.91 Å². The minimum atomic E-state index is -0.727. The van der Waals surface area contributed by atoms with Crippen LogP contribution in [0.25, 0.3) is 11.1 Å². The number of hydrogen-bond acceptors (Lipinski definition) is 4. The number of ether oxygens (including phenoxy) is 1. The Balaban J connectivity index is 1.16. The second-order valence-corrected chi connectivity index (χ2v) is 8.91. The van der Waals surface area contributed by atoms with Crippen molar-refractivity contribution >= 4 is 18.0 Å². The number of benzene rings is 2. The number of carboxylic acid groups (broad SMARTS) is 1. The van der Waals surface area contributed by atoms with Gasteiger partial charge in [-0.3, -0.25) is 9.59 Å². The molecule has 178 valence electrons. The molecular weight excluding hydrogens is 432 g/mol. The van der Waals surface area contributed by atoms with E-state index in [0.29, 0.717) is 25.3 Å². The number of amides is 2. The van der Waals surface area contributed by atoms with Crippen LogP contribution in [0.5, 0.6) is 0 Å². The van der Waals surface area contributed by atoms with E-state index >= 15 is 0 Å². The monoisotopic (exact) mass is 462 g/mol. The van der Waals surface area contributed by atoms with Crippen molar-refractivity contribution in [3.63, 3.8) is 0 Å². The van der Waals surface area contributed by atoms with Crippen molar-refractivity contribution in [1.82, 2.24) is 10.6 Å². The Labute approximate surface area is 199 Å². The fraction of sp³-hybridized carbons (Fsp3) is 0.370. The largest absolute Gasteiger partial charge is 0.481 e. The van der Waals surface area contributed by atoms with Crippen LogP contribution in [0.3, 0.4) is 0 Å². The molecule has 7 heteroatoms. The van der Waals surface area contributed by atoms with Gasteiger partial charge in [0.15, 0.2) is 0 Å². The first-order valence-electron chi connectivity index (χ1n) is 11.8. The Morgan fingerprint density at radius 3 is 2.15 bits per heavy atom. The highest BCUT2D eigenvalue weighted by molar-refractivity contribution is 5.87. The van der Waals surface area contributed by atoms with E-state index in [9.17, 15) is 14.4 Å². The number of hydrogen-bond donors (Lipinski definition) is 3. The van der Waals surface area contributed by atoms with Crippen molar-refractivity contribution in [3.8, 4) is 11.1 Å². The number of fused-ring (bicyclic) bond motifs is 3. The average molecular weight is 463 g/mol. The molecule has 2 aromatic carbocycles. The summed E-state index contributed by atoms with van der Waals surface area (Å²) in [4.78, 5) is 35.2. The molecule has 0 bridgehead atoms. The van der Waals surface area contributed by atoms with E-state index in [1.807, 2.05) is 24.3 Å². The standard InChI is InChI=1S/C27H30N2O5/c30-25(29-16-18-11-13-19(14-12-18)26(31)32)10-5-15-28-27(33)34-17-24-22-8-3-1-6-20(22)21-7-2-4-9-23(21)24/h1-10,18-19,24H,11-17H2,(H,28,33)(H,29,30)(H,31,32)/b10-5+. The zero-order valence-electron chi connectivity index (χ0n) is 19.0. The maximum Gasteiger partial charge on any atom is 0.407 e. The smallest absolute Gasteiger partial charge is 0.407 e. The lowest BCUT2D eigenvalue weighted by Crippen LogP contribution is -2.31. The molecule has 0 saturated heterocycles. The first-order chi connectivity index (χ1) is 16.5. The average Bonchev–Trinajstić information content (AvgIpc) is 3.18. The molecule has 2 aliphatic carbocycles. The van der Waals surface area contributed by atoms with Crippen molar-refractivity contribution < 1.29 is 24.2 Å². The lowest BCUT2D eigenvalue weighted by molar-refractivity contribution is -0.143. The molecule has 0 spiro atoms. The van der Waals surface area contributed by atoms with E-state index in [-0.39, 0.29) is 30.9 Å². The molecule has 34 heavy (non-hydrogen) atoms. The molecular formula is C27H30N2O5.